The number of fused-ring (bicyclic) bond motifs is 2. The standard InChI is InChI=1S/C17H13N7O3/c1-26-10-6-3-2-5-9(10)15-12-13(11-7-4-8-27-11)19-20-16(25)14(12)18-17-21-22-23-24(15)17/h2-8,15H,1H3,(H,20,25)(H,18,21,23). The number of ether oxygens (including phenoxy) is 1. The Labute approximate surface area is 151 Å². The van der Waals surface area contributed by atoms with Gasteiger partial charge in [0.2, 0.25) is 5.95 Å². The first-order valence-electron chi connectivity index (χ1n) is 8.12. The number of anilines is 2. The van der Waals surface area contributed by atoms with Gasteiger partial charge in [-0.25, -0.2) is 5.10 Å². The molecular formula is C17H13N7O3. The van der Waals surface area contributed by atoms with Gasteiger partial charge < -0.3 is 14.5 Å². The molecule has 1 atom stereocenters. The molecule has 0 aliphatic carbocycles. The Morgan fingerprint density at radius 1 is 1.22 bits per heavy atom. The third kappa shape index (κ3) is 2.23. The topological polar surface area (TPSA) is 124 Å². The number of furan rings is 1. The summed E-state index contributed by atoms with van der Waals surface area (Å²) < 4.78 is 12.7. The molecule has 5 rings (SSSR count). The summed E-state index contributed by atoms with van der Waals surface area (Å²) in [6.45, 7) is 0. The van der Waals surface area contributed by atoms with Crippen LogP contribution in [-0.2, 0) is 0 Å². The molecule has 10 heteroatoms. The van der Waals surface area contributed by atoms with E-state index < -0.39 is 6.04 Å². The Hall–Kier alpha value is -3.95. The lowest BCUT2D eigenvalue weighted by molar-refractivity contribution is 0.402. The van der Waals surface area contributed by atoms with Crippen molar-refractivity contribution in [3.8, 4) is 17.2 Å². The van der Waals surface area contributed by atoms with E-state index in [9.17, 15) is 4.79 Å². The predicted molar refractivity (Wildman–Crippen MR) is 93.9 cm³/mol. The Balaban J connectivity index is 1.86. The highest BCUT2D eigenvalue weighted by Gasteiger charge is 2.36. The number of tetrazole rings is 1. The fourth-order valence-corrected chi connectivity index (χ4v) is 3.32. The summed E-state index contributed by atoms with van der Waals surface area (Å²) in [5, 5.41) is 21.5. The van der Waals surface area contributed by atoms with Gasteiger partial charge in [0.1, 0.15) is 23.2 Å². The number of nitrogens with one attached hydrogen (secondary N) is 2. The smallest absolute Gasteiger partial charge is 0.288 e. The van der Waals surface area contributed by atoms with Gasteiger partial charge in [-0.2, -0.15) is 9.78 Å². The molecule has 3 aromatic heterocycles. The molecule has 27 heavy (non-hydrogen) atoms. The lowest BCUT2D eigenvalue weighted by atomic mass is 9.93. The van der Waals surface area contributed by atoms with E-state index in [0.717, 1.165) is 5.56 Å². The largest absolute Gasteiger partial charge is 0.496 e. The molecule has 4 heterocycles. The van der Waals surface area contributed by atoms with Crippen molar-refractivity contribution in [2.45, 2.75) is 6.04 Å². The molecule has 0 saturated heterocycles. The minimum absolute atomic E-state index is 0.314. The third-order valence-electron chi connectivity index (χ3n) is 4.46. The maximum atomic E-state index is 12.5. The zero-order valence-corrected chi connectivity index (χ0v) is 14.1. The monoisotopic (exact) mass is 363 g/mol. The van der Waals surface area contributed by atoms with Crippen LogP contribution in [0.5, 0.6) is 5.75 Å². The van der Waals surface area contributed by atoms with Gasteiger partial charge in [0.15, 0.2) is 5.76 Å². The van der Waals surface area contributed by atoms with E-state index in [1.807, 2.05) is 24.3 Å². The summed E-state index contributed by atoms with van der Waals surface area (Å²) in [7, 11) is 1.59. The lowest BCUT2D eigenvalue weighted by Crippen LogP contribution is -2.29. The molecule has 0 bridgehead atoms. The maximum absolute atomic E-state index is 12.5. The molecule has 0 amide bonds. The first kappa shape index (κ1) is 15.3. The van der Waals surface area contributed by atoms with Gasteiger partial charge in [-0.15, -0.1) is 0 Å². The number of hydrogen-bond acceptors (Lipinski definition) is 8. The average Bonchev–Trinajstić information content (AvgIpc) is 3.39. The number of hydrogen-bond donors (Lipinski definition) is 2. The van der Waals surface area contributed by atoms with Crippen molar-refractivity contribution >= 4 is 11.6 Å². The number of benzene rings is 1. The second-order valence-electron chi connectivity index (χ2n) is 5.88. The molecule has 10 nitrogen and oxygen atoms in total. The molecule has 1 unspecified atom stereocenters. The summed E-state index contributed by atoms with van der Waals surface area (Å²) >= 11 is 0. The molecule has 0 radical (unpaired) electrons. The van der Waals surface area contributed by atoms with E-state index in [4.69, 9.17) is 9.15 Å². The Morgan fingerprint density at radius 3 is 2.93 bits per heavy atom. The van der Waals surface area contributed by atoms with E-state index >= 15 is 0 Å². The van der Waals surface area contributed by atoms with E-state index in [1.54, 1.807) is 30.2 Å². The van der Waals surface area contributed by atoms with Crippen LogP contribution in [-0.4, -0.2) is 37.5 Å². The molecule has 1 aromatic carbocycles. The number of aromatic amines is 1. The van der Waals surface area contributed by atoms with Crippen LogP contribution in [0.3, 0.4) is 0 Å². The summed E-state index contributed by atoms with van der Waals surface area (Å²) in [5.41, 5.74) is 1.80. The van der Waals surface area contributed by atoms with Crippen molar-refractivity contribution in [3.05, 3.63) is 64.1 Å². The molecule has 4 aromatic rings. The number of aromatic nitrogens is 6. The number of nitrogens with zero attached hydrogens (tertiary/aromatic N) is 5. The van der Waals surface area contributed by atoms with Crippen LogP contribution in [0.25, 0.3) is 11.5 Å². The molecular weight excluding hydrogens is 350 g/mol. The lowest BCUT2D eigenvalue weighted by Gasteiger charge is -2.28. The van der Waals surface area contributed by atoms with Crippen LogP contribution >= 0.6 is 0 Å². The third-order valence-corrected chi connectivity index (χ3v) is 4.46. The minimum Gasteiger partial charge on any atom is -0.496 e. The van der Waals surface area contributed by atoms with Gasteiger partial charge in [-0.1, -0.05) is 23.3 Å². The molecule has 1 aliphatic heterocycles. The Kier molecular flexibility index (Phi) is 3.29. The van der Waals surface area contributed by atoms with E-state index in [-0.39, 0.29) is 5.56 Å². The van der Waals surface area contributed by atoms with Crippen LogP contribution in [0.15, 0.2) is 51.9 Å². The predicted octanol–water partition coefficient (Wildman–Crippen LogP) is 1.72. The van der Waals surface area contributed by atoms with Gasteiger partial charge in [0.05, 0.1) is 13.4 Å². The number of rotatable bonds is 3. The van der Waals surface area contributed by atoms with Crippen LogP contribution < -0.4 is 15.6 Å². The normalized spacial score (nSPS) is 14.9. The second kappa shape index (κ2) is 5.80. The first-order valence-corrected chi connectivity index (χ1v) is 8.12. The highest BCUT2D eigenvalue weighted by molar-refractivity contribution is 5.73. The van der Waals surface area contributed by atoms with Gasteiger partial charge in [0.25, 0.3) is 5.56 Å². The van der Waals surface area contributed by atoms with E-state index in [0.29, 0.717) is 34.4 Å². The molecule has 134 valence electrons. The SMILES string of the molecule is COc1ccccc1C1c2c(-c3ccco3)n[nH]c(=O)c2Nc2nnnn21. The van der Waals surface area contributed by atoms with Crippen LogP contribution in [0, 0.1) is 0 Å². The average molecular weight is 363 g/mol. The molecule has 0 spiro atoms. The summed E-state index contributed by atoms with van der Waals surface area (Å²) in [5.74, 6) is 1.50. The van der Waals surface area contributed by atoms with Gasteiger partial charge >= 0.3 is 0 Å². The highest BCUT2D eigenvalue weighted by Crippen LogP contribution is 2.43. The summed E-state index contributed by atoms with van der Waals surface area (Å²) in [6.07, 6.45) is 1.55. The van der Waals surface area contributed by atoms with Crippen LogP contribution in [0.4, 0.5) is 11.6 Å². The van der Waals surface area contributed by atoms with Crippen molar-refractivity contribution in [2.75, 3.05) is 12.4 Å². The van der Waals surface area contributed by atoms with Crippen molar-refractivity contribution < 1.29 is 9.15 Å². The highest BCUT2D eigenvalue weighted by atomic mass is 16.5. The fraction of sp³-hybridized carbons (Fsp3) is 0.118. The summed E-state index contributed by atoms with van der Waals surface area (Å²) in [4.78, 5) is 12.5. The molecule has 0 saturated carbocycles. The molecule has 2 N–H and O–H groups in total. The Morgan fingerprint density at radius 2 is 2.11 bits per heavy atom. The van der Waals surface area contributed by atoms with Crippen molar-refractivity contribution in [2.24, 2.45) is 0 Å². The quantitative estimate of drug-likeness (QED) is 0.496. The second-order valence-corrected chi connectivity index (χ2v) is 5.88. The van der Waals surface area contributed by atoms with Crippen molar-refractivity contribution in [3.63, 3.8) is 0 Å². The van der Waals surface area contributed by atoms with Gasteiger partial charge in [-0.05, 0) is 28.6 Å². The van der Waals surface area contributed by atoms with Gasteiger partial charge in [0, 0.05) is 11.1 Å². The number of para-hydroxylation sites is 1. The summed E-state index contributed by atoms with van der Waals surface area (Å²) in [6, 6.07) is 10.5. The number of methoxy groups -OCH3 is 1. The zero-order chi connectivity index (χ0) is 18.4. The minimum atomic E-state index is -0.530. The first-order chi connectivity index (χ1) is 13.3. The zero-order valence-electron chi connectivity index (χ0n) is 14.1. The van der Waals surface area contributed by atoms with Crippen molar-refractivity contribution in [1.82, 2.24) is 30.4 Å². The maximum Gasteiger partial charge on any atom is 0.288 e. The molecule has 0 fully saturated rings. The fourth-order valence-electron chi connectivity index (χ4n) is 3.32. The van der Waals surface area contributed by atoms with Crippen molar-refractivity contribution in [1.29, 1.82) is 0 Å². The Bertz CT molecular complexity index is 1180. The van der Waals surface area contributed by atoms with Crippen LogP contribution in [0.1, 0.15) is 17.2 Å². The van der Waals surface area contributed by atoms with Crippen LogP contribution in [0.2, 0.25) is 0 Å². The van der Waals surface area contributed by atoms with Gasteiger partial charge in [-0.3, -0.25) is 4.79 Å². The molecule has 1 aliphatic rings. The van der Waals surface area contributed by atoms with E-state index in [1.165, 1.54) is 0 Å². The van der Waals surface area contributed by atoms with E-state index in [2.05, 4.69) is 31.0 Å². The number of H-pyrrole nitrogens is 1.